The summed E-state index contributed by atoms with van der Waals surface area (Å²) in [6.45, 7) is 5.12. The molecule has 0 bridgehead atoms. The second-order valence-electron chi connectivity index (χ2n) is 3.84. The molecule has 0 aliphatic heterocycles. The number of hydrogen-bond donors (Lipinski definition) is 2. The molecule has 0 radical (unpaired) electrons. The summed E-state index contributed by atoms with van der Waals surface area (Å²) in [5, 5.41) is 18.4. The lowest BCUT2D eigenvalue weighted by molar-refractivity contribution is -0.145. The zero-order chi connectivity index (χ0) is 17.1. The van der Waals surface area contributed by atoms with Gasteiger partial charge in [-0.2, -0.15) is 0 Å². The zero-order valence-electron chi connectivity index (χ0n) is 11.6. The third kappa shape index (κ3) is 7.88. The summed E-state index contributed by atoms with van der Waals surface area (Å²) in [4.78, 5) is 44.2. The van der Waals surface area contributed by atoms with Crippen LogP contribution < -0.4 is 0 Å². The van der Waals surface area contributed by atoms with E-state index in [0.29, 0.717) is 12.2 Å². The number of esters is 2. The fourth-order valence-electron chi connectivity index (χ4n) is 0.991. The molecule has 0 aromatic rings. The first kappa shape index (κ1) is 19.4. The van der Waals surface area contributed by atoms with Gasteiger partial charge in [0.15, 0.2) is 23.8 Å². The Morgan fingerprint density at radius 1 is 0.818 bits per heavy atom. The van der Waals surface area contributed by atoms with E-state index < -0.39 is 48.9 Å². The smallest absolute Gasteiger partial charge is 0.331 e. The van der Waals surface area contributed by atoms with Crippen molar-refractivity contribution in [3.63, 3.8) is 0 Å². The van der Waals surface area contributed by atoms with Crippen LogP contribution in [0.4, 0.5) is 0 Å². The van der Waals surface area contributed by atoms with Gasteiger partial charge in [0.05, 0.1) is 0 Å². The molecule has 0 saturated carbocycles. The van der Waals surface area contributed by atoms with Gasteiger partial charge in [0.1, 0.15) is 13.2 Å². The van der Waals surface area contributed by atoms with Gasteiger partial charge >= 0.3 is 11.9 Å². The predicted octanol–water partition coefficient (Wildman–Crippen LogP) is -1.14. The fourth-order valence-corrected chi connectivity index (χ4v) is 0.991. The Bertz CT molecular complexity index is 447. The number of aliphatic hydroxyl groups excluding tert-OH is 2. The SMILES string of the molecule is C=CC(=O)C(O)COC(=O)/C=C\C(=O)OCC(O)C(=O)C=C. The average Bonchev–Trinajstić information content (AvgIpc) is 2.53. The Balaban J connectivity index is 4.14. The van der Waals surface area contributed by atoms with Crippen LogP contribution in [0.25, 0.3) is 0 Å². The molecule has 0 aromatic heterocycles. The summed E-state index contributed by atoms with van der Waals surface area (Å²) in [5.41, 5.74) is 0. The van der Waals surface area contributed by atoms with Crippen molar-refractivity contribution < 1.29 is 38.9 Å². The highest BCUT2D eigenvalue weighted by Crippen LogP contribution is 1.93. The van der Waals surface area contributed by atoms with Crippen LogP contribution in [0.3, 0.4) is 0 Å². The van der Waals surface area contributed by atoms with Crippen molar-refractivity contribution in [3.8, 4) is 0 Å². The number of ether oxygens (including phenoxy) is 2. The minimum Gasteiger partial charge on any atom is -0.459 e. The first-order valence-electron chi connectivity index (χ1n) is 6.02. The number of carbonyl (C=O) groups is 4. The lowest BCUT2D eigenvalue weighted by atomic mass is 10.2. The summed E-state index contributed by atoms with van der Waals surface area (Å²) in [6.07, 6.45) is 0.108. The van der Waals surface area contributed by atoms with Gasteiger partial charge in [-0.1, -0.05) is 13.2 Å². The van der Waals surface area contributed by atoms with Gasteiger partial charge in [0.25, 0.3) is 0 Å². The zero-order valence-corrected chi connectivity index (χ0v) is 11.6. The fraction of sp³-hybridized carbons (Fsp3) is 0.286. The summed E-state index contributed by atoms with van der Waals surface area (Å²) < 4.78 is 8.98. The molecular weight excluding hydrogens is 296 g/mol. The Morgan fingerprint density at radius 2 is 1.14 bits per heavy atom. The van der Waals surface area contributed by atoms with Gasteiger partial charge in [0, 0.05) is 12.2 Å². The van der Waals surface area contributed by atoms with Gasteiger partial charge in [-0.3, -0.25) is 9.59 Å². The van der Waals surface area contributed by atoms with E-state index in [0.717, 1.165) is 12.2 Å². The molecule has 0 heterocycles. The molecule has 8 nitrogen and oxygen atoms in total. The van der Waals surface area contributed by atoms with Crippen LogP contribution in [0.1, 0.15) is 0 Å². The van der Waals surface area contributed by atoms with Gasteiger partial charge in [-0.25, -0.2) is 9.59 Å². The molecule has 0 fully saturated rings. The van der Waals surface area contributed by atoms with E-state index in [4.69, 9.17) is 0 Å². The lowest BCUT2D eigenvalue weighted by Crippen LogP contribution is -2.26. The van der Waals surface area contributed by atoms with Crippen LogP contribution in [0.5, 0.6) is 0 Å². The Labute approximate surface area is 126 Å². The van der Waals surface area contributed by atoms with E-state index in [1.54, 1.807) is 0 Å². The molecule has 2 N–H and O–H groups in total. The van der Waals surface area contributed by atoms with Crippen LogP contribution in [-0.2, 0) is 28.7 Å². The molecule has 0 aromatic carbocycles. The largest absolute Gasteiger partial charge is 0.459 e. The highest BCUT2D eigenvalue weighted by atomic mass is 16.5. The first-order chi connectivity index (χ1) is 10.3. The van der Waals surface area contributed by atoms with Crippen molar-refractivity contribution in [3.05, 3.63) is 37.5 Å². The van der Waals surface area contributed by atoms with Crippen molar-refractivity contribution >= 4 is 23.5 Å². The van der Waals surface area contributed by atoms with E-state index in [2.05, 4.69) is 22.6 Å². The minimum absolute atomic E-state index is 0.588. The molecule has 0 aliphatic carbocycles. The van der Waals surface area contributed by atoms with Crippen molar-refractivity contribution in [2.75, 3.05) is 13.2 Å². The molecule has 22 heavy (non-hydrogen) atoms. The van der Waals surface area contributed by atoms with Gasteiger partial charge < -0.3 is 19.7 Å². The molecule has 2 atom stereocenters. The van der Waals surface area contributed by atoms with E-state index in [1.807, 2.05) is 0 Å². The maximum absolute atomic E-state index is 11.2. The topological polar surface area (TPSA) is 127 Å². The van der Waals surface area contributed by atoms with E-state index >= 15 is 0 Å². The highest BCUT2D eigenvalue weighted by Gasteiger charge is 2.14. The summed E-state index contributed by atoms with van der Waals surface area (Å²) >= 11 is 0. The second-order valence-corrected chi connectivity index (χ2v) is 3.84. The van der Waals surface area contributed by atoms with Crippen molar-refractivity contribution in [2.24, 2.45) is 0 Å². The number of aliphatic hydroxyl groups is 2. The number of carbonyl (C=O) groups excluding carboxylic acids is 4. The van der Waals surface area contributed by atoms with Crippen LogP contribution in [0.15, 0.2) is 37.5 Å². The molecule has 2 unspecified atom stereocenters. The monoisotopic (exact) mass is 312 g/mol. The Kier molecular flexibility index (Phi) is 9.00. The molecule has 120 valence electrons. The minimum atomic E-state index is -1.53. The van der Waals surface area contributed by atoms with E-state index in [1.165, 1.54) is 0 Å². The van der Waals surface area contributed by atoms with E-state index in [-0.39, 0.29) is 0 Å². The molecule has 0 rings (SSSR count). The van der Waals surface area contributed by atoms with Crippen LogP contribution in [0.2, 0.25) is 0 Å². The lowest BCUT2D eigenvalue weighted by Gasteiger charge is -2.07. The molecule has 0 spiro atoms. The molecule has 0 aliphatic rings. The van der Waals surface area contributed by atoms with Crippen LogP contribution in [0, 0.1) is 0 Å². The maximum Gasteiger partial charge on any atom is 0.331 e. The maximum atomic E-state index is 11.2. The predicted molar refractivity (Wildman–Crippen MR) is 73.5 cm³/mol. The summed E-state index contributed by atoms with van der Waals surface area (Å²) in [7, 11) is 0. The van der Waals surface area contributed by atoms with Crippen LogP contribution >= 0.6 is 0 Å². The molecule has 0 amide bonds. The normalized spacial score (nSPS) is 13.0. The second kappa shape index (κ2) is 10.2. The average molecular weight is 312 g/mol. The Morgan fingerprint density at radius 3 is 1.41 bits per heavy atom. The van der Waals surface area contributed by atoms with Crippen molar-refractivity contribution in [2.45, 2.75) is 12.2 Å². The molecule has 0 saturated heterocycles. The van der Waals surface area contributed by atoms with Crippen molar-refractivity contribution in [1.82, 2.24) is 0 Å². The molecular formula is C14H16O8. The third-order valence-electron chi connectivity index (χ3n) is 2.18. The van der Waals surface area contributed by atoms with Gasteiger partial charge in [-0.05, 0) is 12.2 Å². The molecule has 8 heteroatoms. The number of ketones is 2. The summed E-state index contributed by atoms with van der Waals surface area (Å²) in [6, 6.07) is 0. The van der Waals surface area contributed by atoms with Gasteiger partial charge in [0.2, 0.25) is 0 Å². The van der Waals surface area contributed by atoms with Crippen molar-refractivity contribution in [1.29, 1.82) is 0 Å². The standard InChI is InChI=1S/C14H16O8/c1-3-9(15)11(17)7-21-13(19)5-6-14(20)22-8-12(18)10(16)4-2/h3-6,11-12,17-18H,1-2,7-8H2/b6-5-. The Hall–Kier alpha value is -2.58. The first-order valence-corrected chi connectivity index (χ1v) is 6.02. The third-order valence-corrected chi connectivity index (χ3v) is 2.18. The quantitative estimate of drug-likeness (QED) is 0.383. The van der Waals surface area contributed by atoms with E-state index in [9.17, 15) is 29.4 Å². The number of hydrogen-bond acceptors (Lipinski definition) is 8. The highest BCUT2D eigenvalue weighted by molar-refractivity contribution is 5.95. The van der Waals surface area contributed by atoms with Crippen LogP contribution in [-0.4, -0.2) is 59.1 Å². The summed E-state index contributed by atoms with van der Waals surface area (Å²) in [5.74, 6) is -3.40. The number of rotatable bonds is 10. The van der Waals surface area contributed by atoms with Gasteiger partial charge in [-0.15, -0.1) is 0 Å².